The van der Waals surface area contributed by atoms with Crippen LogP contribution in [0.25, 0.3) is 0 Å². The summed E-state index contributed by atoms with van der Waals surface area (Å²) in [4.78, 5) is 4.31. The molecule has 1 rings (SSSR count). The van der Waals surface area contributed by atoms with E-state index in [9.17, 15) is 5.11 Å². The Labute approximate surface area is 115 Å². The van der Waals surface area contributed by atoms with Crippen LogP contribution in [0.1, 0.15) is 40.0 Å². The number of nitrogens with two attached hydrogens (primary N) is 1. The van der Waals surface area contributed by atoms with Crippen LogP contribution in [0.5, 0.6) is 5.88 Å². The monoisotopic (exact) mass is 267 g/mol. The summed E-state index contributed by atoms with van der Waals surface area (Å²) in [7, 11) is 0. The zero-order valence-electron chi connectivity index (χ0n) is 12.1. The molecule has 0 aliphatic heterocycles. The molecule has 5 nitrogen and oxygen atoms in total. The van der Waals surface area contributed by atoms with Gasteiger partial charge < -0.3 is 20.9 Å². The molecule has 5 heteroatoms. The number of ether oxygens (including phenoxy) is 1. The largest absolute Gasteiger partial charge is 0.476 e. The van der Waals surface area contributed by atoms with Crippen molar-refractivity contribution in [3.05, 3.63) is 12.1 Å². The first kappa shape index (κ1) is 15.6. The van der Waals surface area contributed by atoms with E-state index in [1.807, 2.05) is 20.8 Å². The zero-order valence-corrected chi connectivity index (χ0v) is 12.1. The molecule has 0 aliphatic rings. The summed E-state index contributed by atoms with van der Waals surface area (Å²) >= 11 is 0. The second-order valence-electron chi connectivity index (χ2n) is 4.72. The molecule has 4 N–H and O–H groups in total. The minimum atomic E-state index is -0.701. The Bertz CT molecular complexity index is 392. The van der Waals surface area contributed by atoms with Crippen LogP contribution in [0, 0.1) is 0 Å². The van der Waals surface area contributed by atoms with Gasteiger partial charge in [0.25, 0.3) is 0 Å². The Balaban J connectivity index is 2.68. The Morgan fingerprint density at radius 3 is 2.58 bits per heavy atom. The van der Waals surface area contributed by atoms with Gasteiger partial charge in [0.1, 0.15) is 5.82 Å². The van der Waals surface area contributed by atoms with Gasteiger partial charge in [0.2, 0.25) is 5.88 Å². The normalized spacial score (nSPS) is 11.4. The van der Waals surface area contributed by atoms with Crippen LogP contribution in [-0.4, -0.2) is 28.8 Å². The van der Waals surface area contributed by atoms with Crippen molar-refractivity contribution in [2.75, 3.05) is 24.2 Å². The van der Waals surface area contributed by atoms with Crippen molar-refractivity contribution in [2.24, 2.45) is 0 Å². The maximum Gasteiger partial charge on any atom is 0.239 e. The number of rotatable bonds is 8. The van der Waals surface area contributed by atoms with Crippen molar-refractivity contribution < 1.29 is 9.84 Å². The highest BCUT2D eigenvalue weighted by Gasteiger charge is 2.21. The second kappa shape index (κ2) is 7.19. The molecule has 0 fully saturated rings. The molecule has 1 heterocycles. The third kappa shape index (κ3) is 4.59. The summed E-state index contributed by atoms with van der Waals surface area (Å²) in [5.41, 5.74) is 5.63. The van der Waals surface area contributed by atoms with Crippen molar-refractivity contribution in [3.63, 3.8) is 0 Å². The summed E-state index contributed by atoms with van der Waals surface area (Å²) in [6.07, 6.45) is 2.31. The summed E-state index contributed by atoms with van der Waals surface area (Å²) in [6, 6.07) is 3.55. The third-order valence-corrected chi connectivity index (χ3v) is 3.25. The molecule has 0 unspecified atom stereocenters. The van der Waals surface area contributed by atoms with Gasteiger partial charge >= 0.3 is 0 Å². The Kier molecular flexibility index (Phi) is 5.89. The fourth-order valence-electron chi connectivity index (χ4n) is 1.62. The quantitative estimate of drug-likeness (QED) is 0.674. The molecular formula is C14H25N3O2. The van der Waals surface area contributed by atoms with E-state index in [2.05, 4.69) is 10.3 Å². The fraction of sp³-hybridized carbons (Fsp3) is 0.643. The fourth-order valence-corrected chi connectivity index (χ4v) is 1.62. The van der Waals surface area contributed by atoms with Crippen LogP contribution in [0.3, 0.4) is 0 Å². The smallest absolute Gasteiger partial charge is 0.239 e. The number of nitrogens with zero attached hydrogens (tertiary/aromatic N) is 1. The van der Waals surface area contributed by atoms with Crippen molar-refractivity contribution >= 4 is 11.5 Å². The molecule has 0 amide bonds. The average Bonchev–Trinajstić information content (AvgIpc) is 2.44. The van der Waals surface area contributed by atoms with E-state index in [1.54, 1.807) is 12.1 Å². The number of anilines is 2. The second-order valence-corrected chi connectivity index (χ2v) is 4.72. The standard InChI is InChI=1S/C14H25N3O2/c1-4-9-19-13-11(15)7-8-12(17-13)16-10-14(18,5-2)6-3/h7-8,18H,4-6,9-10,15H2,1-3H3,(H,16,17). The Morgan fingerprint density at radius 1 is 1.32 bits per heavy atom. The summed E-state index contributed by atoms with van der Waals surface area (Å²) < 4.78 is 5.47. The van der Waals surface area contributed by atoms with E-state index < -0.39 is 5.60 Å². The van der Waals surface area contributed by atoms with Crippen molar-refractivity contribution in [1.29, 1.82) is 0 Å². The van der Waals surface area contributed by atoms with Crippen LogP contribution in [-0.2, 0) is 0 Å². The number of nitrogen functional groups attached to an aromatic ring is 1. The van der Waals surface area contributed by atoms with Gasteiger partial charge in [0.05, 0.1) is 17.9 Å². The van der Waals surface area contributed by atoms with E-state index >= 15 is 0 Å². The molecule has 0 aromatic carbocycles. The lowest BCUT2D eigenvalue weighted by Gasteiger charge is -2.25. The first-order valence-electron chi connectivity index (χ1n) is 6.90. The minimum absolute atomic E-state index is 0.448. The molecule has 1 aromatic heterocycles. The minimum Gasteiger partial charge on any atom is -0.476 e. The average molecular weight is 267 g/mol. The molecule has 0 atom stereocenters. The molecule has 0 radical (unpaired) electrons. The van der Waals surface area contributed by atoms with Gasteiger partial charge in [-0.1, -0.05) is 20.8 Å². The number of aromatic nitrogens is 1. The molecular weight excluding hydrogens is 242 g/mol. The van der Waals surface area contributed by atoms with E-state index in [0.29, 0.717) is 43.4 Å². The van der Waals surface area contributed by atoms with Gasteiger partial charge in [-0.3, -0.25) is 0 Å². The maximum absolute atomic E-state index is 10.2. The van der Waals surface area contributed by atoms with Gasteiger partial charge in [-0.25, -0.2) is 0 Å². The number of pyridine rings is 1. The van der Waals surface area contributed by atoms with Crippen molar-refractivity contribution in [1.82, 2.24) is 4.98 Å². The predicted molar refractivity (Wildman–Crippen MR) is 78.5 cm³/mol. The zero-order chi connectivity index (χ0) is 14.3. The predicted octanol–water partition coefficient (Wildman–Crippen LogP) is 2.42. The summed E-state index contributed by atoms with van der Waals surface area (Å²) in [5, 5.41) is 13.3. The number of aliphatic hydroxyl groups is 1. The van der Waals surface area contributed by atoms with Gasteiger partial charge in [-0.15, -0.1) is 0 Å². The van der Waals surface area contributed by atoms with E-state index in [-0.39, 0.29) is 0 Å². The summed E-state index contributed by atoms with van der Waals surface area (Å²) in [5.74, 6) is 1.11. The first-order valence-corrected chi connectivity index (χ1v) is 6.90. The number of hydrogen-bond acceptors (Lipinski definition) is 5. The highest BCUT2D eigenvalue weighted by Crippen LogP contribution is 2.22. The molecule has 0 aliphatic carbocycles. The highest BCUT2D eigenvalue weighted by molar-refractivity contribution is 5.53. The number of hydrogen-bond donors (Lipinski definition) is 3. The van der Waals surface area contributed by atoms with E-state index in [1.165, 1.54) is 0 Å². The third-order valence-electron chi connectivity index (χ3n) is 3.25. The van der Waals surface area contributed by atoms with Crippen LogP contribution < -0.4 is 15.8 Å². The van der Waals surface area contributed by atoms with Gasteiger partial charge in [-0.2, -0.15) is 4.98 Å². The van der Waals surface area contributed by atoms with Crippen LogP contribution >= 0.6 is 0 Å². The Hall–Kier alpha value is -1.49. The lowest BCUT2D eigenvalue weighted by Crippen LogP contribution is -2.35. The van der Waals surface area contributed by atoms with Gasteiger partial charge in [-0.05, 0) is 31.4 Å². The van der Waals surface area contributed by atoms with Gasteiger partial charge in [0, 0.05) is 6.54 Å². The first-order chi connectivity index (χ1) is 9.04. The number of nitrogens with one attached hydrogen (secondary N) is 1. The molecule has 0 bridgehead atoms. The van der Waals surface area contributed by atoms with E-state index in [0.717, 1.165) is 6.42 Å². The van der Waals surface area contributed by atoms with Crippen LogP contribution in [0.2, 0.25) is 0 Å². The molecule has 108 valence electrons. The lowest BCUT2D eigenvalue weighted by molar-refractivity contribution is 0.0456. The highest BCUT2D eigenvalue weighted by atomic mass is 16.5. The molecule has 19 heavy (non-hydrogen) atoms. The molecule has 0 saturated carbocycles. The van der Waals surface area contributed by atoms with Gasteiger partial charge in [0.15, 0.2) is 0 Å². The van der Waals surface area contributed by atoms with Crippen molar-refractivity contribution in [3.8, 4) is 5.88 Å². The van der Waals surface area contributed by atoms with Crippen molar-refractivity contribution in [2.45, 2.75) is 45.6 Å². The lowest BCUT2D eigenvalue weighted by atomic mass is 9.98. The van der Waals surface area contributed by atoms with Crippen LogP contribution in [0.4, 0.5) is 11.5 Å². The topological polar surface area (TPSA) is 80.4 Å². The summed E-state index contributed by atoms with van der Waals surface area (Å²) in [6.45, 7) is 7.02. The Morgan fingerprint density at radius 2 is 2.00 bits per heavy atom. The maximum atomic E-state index is 10.2. The van der Waals surface area contributed by atoms with E-state index in [4.69, 9.17) is 10.5 Å². The van der Waals surface area contributed by atoms with Crippen LogP contribution in [0.15, 0.2) is 12.1 Å². The molecule has 0 saturated heterocycles. The molecule has 1 aromatic rings. The molecule has 0 spiro atoms. The SMILES string of the molecule is CCCOc1nc(NCC(O)(CC)CC)ccc1N.